The van der Waals surface area contributed by atoms with Gasteiger partial charge in [-0.3, -0.25) is 9.48 Å². The van der Waals surface area contributed by atoms with E-state index in [2.05, 4.69) is 37.3 Å². The highest BCUT2D eigenvalue weighted by molar-refractivity contribution is 6.05. The number of aryl methyl sites for hydroxylation is 1. The van der Waals surface area contributed by atoms with Gasteiger partial charge in [0.05, 0.1) is 5.56 Å². The van der Waals surface area contributed by atoms with Gasteiger partial charge in [-0.05, 0) is 66.0 Å². The van der Waals surface area contributed by atoms with E-state index in [1.807, 2.05) is 12.1 Å². The second-order valence-electron chi connectivity index (χ2n) is 9.26. The van der Waals surface area contributed by atoms with E-state index in [1.54, 1.807) is 7.05 Å². The number of aromatic nitrogens is 2. The lowest BCUT2D eigenvalue weighted by Crippen LogP contribution is -2.36. The van der Waals surface area contributed by atoms with Crippen LogP contribution in [-0.2, 0) is 7.05 Å². The van der Waals surface area contributed by atoms with Crippen LogP contribution in [0.1, 0.15) is 91.9 Å². The molecule has 4 atom stereocenters. The van der Waals surface area contributed by atoms with Gasteiger partial charge in [-0.2, -0.15) is 5.10 Å². The van der Waals surface area contributed by atoms with Crippen LogP contribution in [0.4, 0.5) is 14.5 Å². The zero-order valence-electron chi connectivity index (χ0n) is 18.2. The van der Waals surface area contributed by atoms with E-state index in [0.29, 0.717) is 29.6 Å². The van der Waals surface area contributed by atoms with Crippen molar-refractivity contribution < 1.29 is 13.6 Å². The van der Waals surface area contributed by atoms with Crippen LogP contribution in [0, 0.1) is 17.8 Å². The Morgan fingerprint density at radius 1 is 1.30 bits per heavy atom. The van der Waals surface area contributed by atoms with Gasteiger partial charge in [0.15, 0.2) is 0 Å². The van der Waals surface area contributed by atoms with Gasteiger partial charge in [0.1, 0.15) is 5.69 Å². The Morgan fingerprint density at radius 3 is 2.73 bits per heavy atom. The number of anilines is 1. The normalized spacial score (nSPS) is 23.7. The number of fused-ring (bicyclic) bond motifs is 2. The molecule has 0 saturated heterocycles. The molecule has 1 aromatic heterocycles. The summed E-state index contributed by atoms with van der Waals surface area (Å²) in [6, 6.07) is 6.10. The molecule has 2 aromatic rings. The summed E-state index contributed by atoms with van der Waals surface area (Å²) >= 11 is 0. The van der Waals surface area contributed by atoms with Crippen molar-refractivity contribution in [2.75, 3.05) is 5.32 Å². The average molecular weight is 416 g/mol. The van der Waals surface area contributed by atoms with Crippen molar-refractivity contribution in [3.8, 4) is 0 Å². The van der Waals surface area contributed by atoms with Crippen LogP contribution < -0.4 is 5.32 Å². The molecule has 30 heavy (non-hydrogen) atoms. The monoisotopic (exact) mass is 415 g/mol. The van der Waals surface area contributed by atoms with E-state index in [-0.39, 0.29) is 5.56 Å². The van der Waals surface area contributed by atoms with Gasteiger partial charge >= 0.3 is 0 Å². The fourth-order valence-corrected chi connectivity index (χ4v) is 6.10. The van der Waals surface area contributed by atoms with Crippen molar-refractivity contribution in [2.45, 2.75) is 64.7 Å². The summed E-state index contributed by atoms with van der Waals surface area (Å²) in [5, 5.41) is 6.69. The molecule has 1 saturated carbocycles. The van der Waals surface area contributed by atoms with Gasteiger partial charge in [0.2, 0.25) is 0 Å². The third kappa shape index (κ3) is 3.54. The Kier molecular flexibility index (Phi) is 5.69. The Hall–Kier alpha value is -2.24. The maximum atomic E-state index is 13.3. The minimum atomic E-state index is -2.78. The van der Waals surface area contributed by atoms with E-state index in [0.717, 1.165) is 18.5 Å². The van der Waals surface area contributed by atoms with Crippen molar-refractivity contribution in [3.63, 3.8) is 0 Å². The lowest BCUT2D eigenvalue weighted by atomic mass is 9.56. The predicted octanol–water partition coefficient (Wildman–Crippen LogP) is 6.27. The third-order valence-electron chi connectivity index (χ3n) is 7.28. The fraction of sp³-hybridized carbons (Fsp3) is 0.583. The number of alkyl halides is 2. The van der Waals surface area contributed by atoms with Gasteiger partial charge in [0.25, 0.3) is 12.3 Å². The van der Waals surface area contributed by atoms with Crippen molar-refractivity contribution in [1.82, 2.24) is 9.78 Å². The van der Waals surface area contributed by atoms with Crippen LogP contribution in [0.2, 0.25) is 0 Å². The molecule has 4 unspecified atom stereocenters. The zero-order chi connectivity index (χ0) is 21.6. The quantitative estimate of drug-likeness (QED) is 0.604. The number of halogens is 2. The molecule has 1 amide bonds. The highest BCUT2D eigenvalue weighted by Crippen LogP contribution is 2.57. The smallest absolute Gasteiger partial charge is 0.282 e. The van der Waals surface area contributed by atoms with Gasteiger partial charge < -0.3 is 5.32 Å². The van der Waals surface area contributed by atoms with E-state index in [9.17, 15) is 13.6 Å². The number of hydrogen-bond acceptors (Lipinski definition) is 2. The molecule has 162 valence electrons. The topological polar surface area (TPSA) is 46.9 Å². The highest BCUT2D eigenvalue weighted by atomic mass is 19.3. The average Bonchev–Trinajstić information content (AvgIpc) is 3.11. The number of nitrogens with one attached hydrogen (secondary N) is 1. The summed E-state index contributed by atoms with van der Waals surface area (Å²) in [6.07, 6.45) is 3.25. The van der Waals surface area contributed by atoms with Crippen LogP contribution in [0.3, 0.4) is 0 Å². The SMILES string of the molecule is CCC(C(C)C)C1CC2CCC1c1cccc(NC(=O)c3cn(C)nc3C(F)F)c12. The standard InChI is InChI=1S/C24H31F2N3O/c1-5-15(13(2)3)18-11-14-9-10-16(18)17-7-6-8-20(21(14)17)27-24(30)19-12-29(4)28-22(19)23(25)26/h6-8,12-16,18,23H,5,9-11H2,1-4H3,(H,27,30). The number of carbonyl (C=O) groups is 1. The molecular weight excluding hydrogens is 384 g/mol. The number of carbonyl (C=O) groups excluding carboxylic acids is 1. The fourth-order valence-electron chi connectivity index (χ4n) is 6.10. The zero-order valence-corrected chi connectivity index (χ0v) is 18.2. The van der Waals surface area contributed by atoms with Gasteiger partial charge in [-0.1, -0.05) is 39.3 Å². The largest absolute Gasteiger partial charge is 0.322 e. The summed E-state index contributed by atoms with van der Waals surface area (Å²) in [7, 11) is 1.55. The highest BCUT2D eigenvalue weighted by Gasteiger charge is 2.44. The maximum Gasteiger partial charge on any atom is 0.282 e. The molecule has 0 aliphatic heterocycles. The summed E-state index contributed by atoms with van der Waals surface area (Å²) in [5.41, 5.74) is 2.81. The number of rotatable bonds is 6. The number of benzene rings is 1. The van der Waals surface area contributed by atoms with Crippen molar-refractivity contribution >= 4 is 11.6 Å². The Labute approximate surface area is 177 Å². The van der Waals surface area contributed by atoms with Gasteiger partial charge in [-0.15, -0.1) is 0 Å². The molecule has 1 fully saturated rings. The first-order valence-corrected chi connectivity index (χ1v) is 11.1. The van der Waals surface area contributed by atoms with Crippen LogP contribution in [-0.4, -0.2) is 15.7 Å². The molecule has 3 aliphatic rings. The minimum absolute atomic E-state index is 0.0604. The molecule has 1 heterocycles. The Morgan fingerprint density at radius 2 is 2.07 bits per heavy atom. The molecular formula is C24H31F2N3O. The molecule has 2 bridgehead atoms. The van der Waals surface area contributed by atoms with Crippen molar-refractivity contribution in [3.05, 3.63) is 46.8 Å². The number of nitrogens with zero attached hydrogens (tertiary/aromatic N) is 2. The molecule has 0 spiro atoms. The molecule has 1 aromatic carbocycles. The van der Waals surface area contributed by atoms with E-state index in [1.165, 1.54) is 34.8 Å². The van der Waals surface area contributed by atoms with E-state index < -0.39 is 18.0 Å². The predicted molar refractivity (Wildman–Crippen MR) is 114 cm³/mol. The second-order valence-corrected chi connectivity index (χ2v) is 9.26. The molecule has 6 heteroatoms. The number of amides is 1. The van der Waals surface area contributed by atoms with Crippen LogP contribution in [0.15, 0.2) is 24.4 Å². The van der Waals surface area contributed by atoms with Crippen LogP contribution in [0.5, 0.6) is 0 Å². The lowest BCUT2D eigenvalue weighted by Gasteiger charge is -2.48. The summed E-state index contributed by atoms with van der Waals surface area (Å²) in [4.78, 5) is 12.9. The molecule has 5 rings (SSSR count). The number of hydrogen-bond donors (Lipinski definition) is 1. The molecule has 3 aliphatic carbocycles. The van der Waals surface area contributed by atoms with Crippen LogP contribution in [0.25, 0.3) is 0 Å². The molecule has 0 radical (unpaired) electrons. The lowest BCUT2D eigenvalue weighted by molar-refractivity contribution is 0.101. The summed E-state index contributed by atoms with van der Waals surface area (Å²) in [6.45, 7) is 6.93. The van der Waals surface area contributed by atoms with Crippen molar-refractivity contribution in [1.29, 1.82) is 0 Å². The third-order valence-corrected chi connectivity index (χ3v) is 7.28. The van der Waals surface area contributed by atoms with Gasteiger partial charge in [0, 0.05) is 18.9 Å². The van der Waals surface area contributed by atoms with E-state index in [4.69, 9.17) is 0 Å². The van der Waals surface area contributed by atoms with Crippen molar-refractivity contribution in [2.24, 2.45) is 24.8 Å². The molecule has 1 N–H and O–H groups in total. The van der Waals surface area contributed by atoms with Crippen LogP contribution >= 0.6 is 0 Å². The van der Waals surface area contributed by atoms with E-state index >= 15 is 0 Å². The first-order valence-electron chi connectivity index (χ1n) is 11.1. The first-order chi connectivity index (χ1) is 14.3. The second kappa shape index (κ2) is 8.12. The summed E-state index contributed by atoms with van der Waals surface area (Å²) < 4.78 is 27.9. The minimum Gasteiger partial charge on any atom is -0.322 e. The maximum absolute atomic E-state index is 13.3. The summed E-state index contributed by atoms with van der Waals surface area (Å²) in [5.74, 6) is 2.46. The Bertz CT molecular complexity index is 937. The molecule has 4 nitrogen and oxygen atoms in total. The van der Waals surface area contributed by atoms with Gasteiger partial charge in [-0.25, -0.2) is 8.78 Å². The Balaban J connectivity index is 1.65. The first kappa shape index (κ1) is 21.0.